The Morgan fingerprint density at radius 1 is 1.28 bits per heavy atom. The molecule has 0 aliphatic heterocycles. The molecule has 0 atom stereocenters. The van der Waals surface area contributed by atoms with Gasteiger partial charge < -0.3 is 5.32 Å². The molecule has 18 heavy (non-hydrogen) atoms. The van der Waals surface area contributed by atoms with Gasteiger partial charge in [-0.15, -0.1) is 0 Å². The third kappa shape index (κ3) is 4.35. The molecule has 0 aliphatic carbocycles. The van der Waals surface area contributed by atoms with Crippen molar-refractivity contribution < 1.29 is 22.4 Å². The van der Waals surface area contributed by atoms with Gasteiger partial charge in [0.05, 0.1) is 12.0 Å². The summed E-state index contributed by atoms with van der Waals surface area (Å²) in [7, 11) is 0. The van der Waals surface area contributed by atoms with Crippen LogP contribution in [0.25, 0.3) is 0 Å². The van der Waals surface area contributed by atoms with Crippen molar-refractivity contribution in [3.8, 4) is 0 Å². The minimum absolute atomic E-state index is 0.0101. The normalized spacial score (nSPS) is 11.4. The molecule has 0 radical (unpaired) electrons. The first kappa shape index (κ1) is 14.5. The zero-order chi connectivity index (χ0) is 13.8. The molecule has 0 fully saturated rings. The van der Waals surface area contributed by atoms with Gasteiger partial charge in [0.15, 0.2) is 0 Å². The molecule has 0 heterocycles. The first-order chi connectivity index (χ1) is 8.32. The predicted molar refractivity (Wildman–Crippen MR) is 58.4 cm³/mol. The summed E-state index contributed by atoms with van der Waals surface area (Å²) in [4.78, 5) is 11.3. The number of alkyl halides is 3. The molecule has 0 aromatic heterocycles. The van der Waals surface area contributed by atoms with E-state index in [2.05, 4.69) is 5.32 Å². The van der Waals surface area contributed by atoms with Gasteiger partial charge in [0.25, 0.3) is 0 Å². The number of hydrogen-bond acceptors (Lipinski definition) is 1. The molecule has 0 saturated carbocycles. The number of amides is 1. The maximum absolute atomic E-state index is 13.0. The lowest BCUT2D eigenvalue weighted by Crippen LogP contribution is -2.25. The molecule has 0 unspecified atom stereocenters. The summed E-state index contributed by atoms with van der Waals surface area (Å²) in [5.74, 6) is -1.42. The largest absolute Gasteiger partial charge is 0.416 e. The van der Waals surface area contributed by atoms with Crippen LogP contribution in [0.3, 0.4) is 0 Å². The van der Waals surface area contributed by atoms with Gasteiger partial charge in [-0.25, -0.2) is 4.39 Å². The highest BCUT2D eigenvalue weighted by molar-refractivity contribution is 5.78. The van der Waals surface area contributed by atoms with E-state index in [1.165, 1.54) is 0 Å². The molecular formula is C12H13F4NO. The van der Waals surface area contributed by atoms with Crippen molar-refractivity contribution >= 4 is 5.91 Å². The summed E-state index contributed by atoms with van der Waals surface area (Å²) in [5.41, 5.74) is -1.07. The molecule has 100 valence electrons. The highest BCUT2D eigenvalue weighted by Crippen LogP contribution is 2.30. The Bertz CT molecular complexity index is 429. The molecule has 1 aromatic carbocycles. The van der Waals surface area contributed by atoms with Gasteiger partial charge in [0.1, 0.15) is 5.82 Å². The van der Waals surface area contributed by atoms with E-state index in [-0.39, 0.29) is 12.0 Å². The van der Waals surface area contributed by atoms with Crippen LogP contribution < -0.4 is 5.32 Å². The molecular weight excluding hydrogens is 250 g/mol. The number of benzene rings is 1. The van der Waals surface area contributed by atoms with Crippen LogP contribution in [0, 0.1) is 5.82 Å². The molecule has 6 heteroatoms. The van der Waals surface area contributed by atoms with E-state index in [4.69, 9.17) is 0 Å². The lowest BCUT2D eigenvalue weighted by Gasteiger charge is -2.09. The van der Waals surface area contributed by atoms with E-state index < -0.39 is 23.5 Å². The van der Waals surface area contributed by atoms with Crippen LogP contribution >= 0.6 is 0 Å². The topological polar surface area (TPSA) is 29.1 Å². The quantitative estimate of drug-likeness (QED) is 0.831. The van der Waals surface area contributed by atoms with Crippen molar-refractivity contribution in [2.45, 2.75) is 25.9 Å². The van der Waals surface area contributed by atoms with Crippen molar-refractivity contribution in [3.63, 3.8) is 0 Å². The fourth-order valence-electron chi connectivity index (χ4n) is 1.43. The molecule has 1 amide bonds. The molecule has 1 aromatic rings. The second kappa shape index (κ2) is 5.84. The molecule has 1 N–H and O–H groups in total. The average Bonchev–Trinajstić information content (AvgIpc) is 2.24. The third-order valence-electron chi connectivity index (χ3n) is 2.22. The van der Waals surface area contributed by atoms with E-state index in [0.717, 1.165) is 18.6 Å². The minimum atomic E-state index is -4.61. The Morgan fingerprint density at radius 3 is 2.50 bits per heavy atom. The zero-order valence-electron chi connectivity index (χ0n) is 9.77. The standard InChI is InChI=1S/C12H13F4NO/c1-2-3-17-11(18)6-8-4-9(12(14,15)16)7-10(13)5-8/h4-5,7H,2-3,6H2,1H3,(H,17,18). The maximum atomic E-state index is 13.0. The van der Waals surface area contributed by atoms with Crippen molar-refractivity contribution in [2.75, 3.05) is 6.54 Å². The fraction of sp³-hybridized carbons (Fsp3) is 0.417. The highest BCUT2D eigenvalue weighted by Gasteiger charge is 2.31. The van der Waals surface area contributed by atoms with Crippen molar-refractivity contribution in [2.24, 2.45) is 0 Å². The van der Waals surface area contributed by atoms with Crippen LogP contribution in [0.1, 0.15) is 24.5 Å². The van der Waals surface area contributed by atoms with E-state index in [9.17, 15) is 22.4 Å². The Kier molecular flexibility index (Phi) is 4.69. The molecule has 0 saturated heterocycles. The van der Waals surface area contributed by atoms with Gasteiger partial charge in [0, 0.05) is 6.54 Å². The first-order valence-electron chi connectivity index (χ1n) is 5.46. The summed E-state index contributed by atoms with van der Waals surface area (Å²) in [6.45, 7) is 2.30. The van der Waals surface area contributed by atoms with Crippen molar-refractivity contribution in [1.29, 1.82) is 0 Å². The average molecular weight is 263 g/mol. The molecule has 0 spiro atoms. The van der Waals surface area contributed by atoms with Crippen molar-refractivity contribution in [1.82, 2.24) is 5.32 Å². The van der Waals surface area contributed by atoms with Crippen LogP contribution in [0.2, 0.25) is 0 Å². The SMILES string of the molecule is CCCNC(=O)Cc1cc(F)cc(C(F)(F)F)c1. The smallest absolute Gasteiger partial charge is 0.356 e. The zero-order valence-corrected chi connectivity index (χ0v) is 9.77. The minimum Gasteiger partial charge on any atom is -0.356 e. The van der Waals surface area contributed by atoms with E-state index in [1.54, 1.807) is 0 Å². The van der Waals surface area contributed by atoms with Crippen LogP contribution in [-0.2, 0) is 17.4 Å². The number of carbonyl (C=O) groups excluding carboxylic acids is 1. The second-order valence-electron chi connectivity index (χ2n) is 3.87. The summed E-state index contributed by atoms with van der Waals surface area (Å²) in [5, 5.41) is 2.52. The predicted octanol–water partition coefficient (Wildman–Crippen LogP) is 2.91. The fourth-order valence-corrected chi connectivity index (χ4v) is 1.43. The van der Waals surface area contributed by atoms with Gasteiger partial charge in [-0.3, -0.25) is 4.79 Å². The van der Waals surface area contributed by atoms with Crippen molar-refractivity contribution in [3.05, 3.63) is 35.1 Å². The van der Waals surface area contributed by atoms with Gasteiger partial charge in [0.2, 0.25) is 5.91 Å². The first-order valence-corrected chi connectivity index (χ1v) is 5.46. The van der Waals surface area contributed by atoms with Crippen LogP contribution in [0.4, 0.5) is 17.6 Å². The summed E-state index contributed by atoms with van der Waals surface area (Å²) >= 11 is 0. The number of hydrogen-bond donors (Lipinski definition) is 1. The monoisotopic (exact) mass is 263 g/mol. The van der Waals surface area contributed by atoms with Gasteiger partial charge >= 0.3 is 6.18 Å². The van der Waals surface area contributed by atoms with E-state index in [1.807, 2.05) is 6.92 Å². The third-order valence-corrected chi connectivity index (χ3v) is 2.22. The molecule has 2 nitrogen and oxygen atoms in total. The van der Waals surface area contributed by atoms with Crippen LogP contribution in [-0.4, -0.2) is 12.5 Å². The summed E-state index contributed by atoms with van der Waals surface area (Å²) in [6.07, 6.45) is -4.15. The molecule has 1 rings (SSSR count). The lowest BCUT2D eigenvalue weighted by molar-refractivity contribution is -0.138. The second-order valence-corrected chi connectivity index (χ2v) is 3.87. The number of nitrogens with one attached hydrogen (secondary N) is 1. The summed E-state index contributed by atoms with van der Waals surface area (Å²) < 4.78 is 50.3. The number of carbonyl (C=O) groups is 1. The van der Waals surface area contributed by atoms with Gasteiger partial charge in [-0.05, 0) is 30.2 Å². The maximum Gasteiger partial charge on any atom is 0.416 e. The van der Waals surface area contributed by atoms with Gasteiger partial charge in [-0.2, -0.15) is 13.2 Å². The summed E-state index contributed by atoms with van der Waals surface area (Å²) in [6, 6.07) is 2.13. The Hall–Kier alpha value is -1.59. The Labute approximate surface area is 102 Å². The van der Waals surface area contributed by atoms with E-state index in [0.29, 0.717) is 12.6 Å². The van der Waals surface area contributed by atoms with Crippen LogP contribution in [0.5, 0.6) is 0 Å². The molecule has 0 aliphatic rings. The Morgan fingerprint density at radius 2 is 1.94 bits per heavy atom. The number of rotatable bonds is 4. The van der Waals surface area contributed by atoms with Crippen LogP contribution in [0.15, 0.2) is 18.2 Å². The number of halogens is 4. The lowest BCUT2D eigenvalue weighted by atomic mass is 10.1. The molecule has 0 bridgehead atoms. The Balaban J connectivity index is 2.84. The van der Waals surface area contributed by atoms with E-state index >= 15 is 0 Å². The van der Waals surface area contributed by atoms with Gasteiger partial charge in [-0.1, -0.05) is 6.92 Å². The highest BCUT2D eigenvalue weighted by atomic mass is 19.4.